The number of aromatic nitrogens is 1. The highest BCUT2D eigenvalue weighted by atomic mass is 32.2. The Balaban J connectivity index is 1.87. The normalized spacial score (nSPS) is 16.4. The third kappa shape index (κ3) is 3.93. The van der Waals surface area contributed by atoms with Crippen LogP contribution in [-0.2, 0) is 10.0 Å². The van der Waals surface area contributed by atoms with Crippen LogP contribution in [0.3, 0.4) is 0 Å². The van der Waals surface area contributed by atoms with E-state index in [1.165, 1.54) is 31.9 Å². The topological polar surface area (TPSA) is 71.1 Å². The second kappa shape index (κ2) is 7.04. The molecule has 0 saturated heterocycles. The summed E-state index contributed by atoms with van der Waals surface area (Å²) in [5.74, 6) is 0.794. The van der Waals surface area contributed by atoms with Crippen LogP contribution in [0.15, 0.2) is 23.4 Å². The first-order chi connectivity index (χ1) is 9.63. The first-order valence-electron chi connectivity index (χ1n) is 7.26. The predicted octanol–water partition coefficient (Wildman–Crippen LogP) is 2.37. The lowest BCUT2D eigenvalue weighted by Crippen LogP contribution is -2.26. The van der Waals surface area contributed by atoms with Gasteiger partial charge in [-0.3, -0.25) is 0 Å². The largest absolute Gasteiger partial charge is 0.386 e. The molecule has 0 aromatic carbocycles. The lowest BCUT2D eigenvalue weighted by molar-refractivity contribution is 0.480. The van der Waals surface area contributed by atoms with Crippen molar-refractivity contribution >= 4 is 15.7 Å². The molecule has 6 heteroatoms. The molecule has 1 aliphatic carbocycles. The van der Waals surface area contributed by atoms with E-state index in [4.69, 9.17) is 0 Å². The quantitative estimate of drug-likeness (QED) is 0.758. The van der Waals surface area contributed by atoms with E-state index in [-0.39, 0.29) is 5.03 Å². The summed E-state index contributed by atoms with van der Waals surface area (Å²) in [5.41, 5.74) is 0.524. The van der Waals surface area contributed by atoms with E-state index in [0.29, 0.717) is 12.2 Å². The minimum atomic E-state index is -3.52. The maximum absolute atomic E-state index is 12.2. The van der Waals surface area contributed by atoms with Crippen LogP contribution in [0.5, 0.6) is 0 Å². The van der Waals surface area contributed by atoms with E-state index < -0.39 is 10.0 Å². The van der Waals surface area contributed by atoms with Gasteiger partial charge in [0.05, 0.1) is 5.69 Å². The summed E-state index contributed by atoms with van der Waals surface area (Å²) in [6, 6.07) is 3.42. The second-order valence-corrected chi connectivity index (χ2v) is 6.98. The van der Waals surface area contributed by atoms with Crippen LogP contribution < -0.4 is 10.0 Å². The molecule has 0 aliphatic heterocycles. The number of hydrogen-bond donors (Lipinski definition) is 2. The van der Waals surface area contributed by atoms with Gasteiger partial charge in [0.2, 0.25) is 0 Å². The monoisotopic (exact) mass is 297 g/mol. The molecule has 20 heavy (non-hydrogen) atoms. The third-order valence-corrected chi connectivity index (χ3v) is 5.27. The highest BCUT2D eigenvalue weighted by molar-refractivity contribution is 7.89. The number of hydrogen-bond acceptors (Lipinski definition) is 4. The van der Waals surface area contributed by atoms with Gasteiger partial charge in [0, 0.05) is 19.8 Å². The van der Waals surface area contributed by atoms with Gasteiger partial charge < -0.3 is 5.32 Å². The standard InChI is InChI=1S/C14H23N3O2S/c1-15-13-9-5-10-16-14(13)20(18,19)17-11-4-8-12-6-2-3-7-12/h5,9-10,12,15,17H,2-4,6-8,11H2,1H3. The van der Waals surface area contributed by atoms with Gasteiger partial charge in [-0.05, 0) is 30.9 Å². The van der Waals surface area contributed by atoms with Crippen LogP contribution in [0.1, 0.15) is 38.5 Å². The van der Waals surface area contributed by atoms with Crippen molar-refractivity contribution in [2.24, 2.45) is 5.92 Å². The van der Waals surface area contributed by atoms with Crippen LogP contribution in [0.25, 0.3) is 0 Å². The number of sulfonamides is 1. The zero-order chi connectivity index (χ0) is 14.4. The number of nitrogens with zero attached hydrogens (tertiary/aromatic N) is 1. The number of rotatable bonds is 7. The van der Waals surface area contributed by atoms with Gasteiger partial charge in [-0.15, -0.1) is 0 Å². The van der Waals surface area contributed by atoms with Gasteiger partial charge in [-0.25, -0.2) is 18.1 Å². The van der Waals surface area contributed by atoms with Crippen LogP contribution in [0.2, 0.25) is 0 Å². The summed E-state index contributed by atoms with van der Waals surface area (Å²) in [7, 11) is -1.83. The van der Waals surface area contributed by atoms with Gasteiger partial charge in [0.25, 0.3) is 10.0 Å². The fourth-order valence-corrected chi connectivity index (χ4v) is 3.97. The van der Waals surface area contributed by atoms with Gasteiger partial charge >= 0.3 is 0 Å². The fourth-order valence-electron chi connectivity index (χ4n) is 2.76. The van der Waals surface area contributed by atoms with Crippen molar-refractivity contribution in [3.05, 3.63) is 18.3 Å². The smallest absolute Gasteiger partial charge is 0.260 e. The highest BCUT2D eigenvalue weighted by Gasteiger charge is 2.19. The molecule has 1 aromatic heterocycles. The van der Waals surface area contributed by atoms with E-state index in [1.54, 1.807) is 19.2 Å². The average molecular weight is 297 g/mol. The summed E-state index contributed by atoms with van der Waals surface area (Å²) in [4.78, 5) is 3.96. The van der Waals surface area contributed by atoms with Crippen LogP contribution in [-0.4, -0.2) is 27.0 Å². The summed E-state index contributed by atoms with van der Waals surface area (Å²) in [6.07, 6.45) is 8.77. The van der Waals surface area contributed by atoms with Gasteiger partial charge in [0.1, 0.15) is 0 Å². The Kier molecular flexibility index (Phi) is 5.37. The van der Waals surface area contributed by atoms with Crippen molar-refractivity contribution in [2.75, 3.05) is 18.9 Å². The van der Waals surface area contributed by atoms with Crippen molar-refractivity contribution < 1.29 is 8.42 Å². The Labute approximate surface area is 121 Å². The minimum Gasteiger partial charge on any atom is -0.386 e. The van der Waals surface area contributed by atoms with E-state index >= 15 is 0 Å². The van der Waals surface area contributed by atoms with Crippen molar-refractivity contribution in [3.8, 4) is 0 Å². The zero-order valence-corrected chi connectivity index (χ0v) is 12.7. The Morgan fingerprint density at radius 1 is 1.35 bits per heavy atom. The number of nitrogens with one attached hydrogen (secondary N) is 2. The minimum absolute atomic E-state index is 0.0726. The molecule has 0 radical (unpaired) electrons. The summed E-state index contributed by atoms with van der Waals surface area (Å²) in [5, 5.41) is 2.93. The molecule has 1 saturated carbocycles. The Bertz CT molecular complexity index is 525. The first kappa shape index (κ1) is 15.3. The molecule has 1 fully saturated rings. The number of anilines is 1. The fraction of sp³-hybridized carbons (Fsp3) is 0.643. The number of pyridine rings is 1. The van der Waals surface area contributed by atoms with Crippen LogP contribution >= 0.6 is 0 Å². The molecule has 1 heterocycles. The molecular weight excluding hydrogens is 274 g/mol. The third-order valence-electron chi connectivity index (χ3n) is 3.85. The SMILES string of the molecule is CNc1cccnc1S(=O)(=O)NCCCC1CCCC1. The molecule has 0 unspecified atom stereocenters. The van der Waals surface area contributed by atoms with E-state index in [2.05, 4.69) is 15.0 Å². The van der Waals surface area contributed by atoms with Crippen molar-refractivity contribution in [1.29, 1.82) is 0 Å². The molecule has 1 aliphatic rings. The molecule has 0 amide bonds. The molecular formula is C14H23N3O2S. The van der Waals surface area contributed by atoms with Crippen molar-refractivity contribution in [1.82, 2.24) is 9.71 Å². The van der Waals surface area contributed by atoms with E-state index in [9.17, 15) is 8.42 Å². The molecule has 1 aromatic rings. The van der Waals surface area contributed by atoms with E-state index in [1.807, 2.05) is 0 Å². The summed E-state index contributed by atoms with van der Waals surface area (Å²) in [6.45, 7) is 0.485. The molecule has 2 rings (SSSR count). The zero-order valence-electron chi connectivity index (χ0n) is 11.9. The molecule has 0 bridgehead atoms. The van der Waals surface area contributed by atoms with Crippen molar-refractivity contribution in [2.45, 2.75) is 43.6 Å². The summed E-state index contributed by atoms with van der Waals surface area (Å²) < 4.78 is 27.0. The Morgan fingerprint density at radius 2 is 2.10 bits per heavy atom. The molecule has 0 spiro atoms. The maximum Gasteiger partial charge on any atom is 0.260 e. The molecule has 0 atom stereocenters. The van der Waals surface area contributed by atoms with Crippen LogP contribution in [0.4, 0.5) is 5.69 Å². The van der Waals surface area contributed by atoms with Crippen LogP contribution in [0, 0.1) is 5.92 Å². The molecule has 5 nitrogen and oxygen atoms in total. The first-order valence-corrected chi connectivity index (χ1v) is 8.74. The van der Waals surface area contributed by atoms with Gasteiger partial charge in [-0.2, -0.15) is 0 Å². The van der Waals surface area contributed by atoms with Gasteiger partial charge in [0.15, 0.2) is 5.03 Å². The summed E-state index contributed by atoms with van der Waals surface area (Å²) >= 11 is 0. The Morgan fingerprint density at radius 3 is 2.80 bits per heavy atom. The van der Waals surface area contributed by atoms with Crippen molar-refractivity contribution in [3.63, 3.8) is 0 Å². The average Bonchev–Trinajstić information content (AvgIpc) is 2.97. The van der Waals surface area contributed by atoms with Gasteiger partial charge in [-0.1, -0.05) is 25.7 Å². The lowest BCUT2D eigenvalue weighted by Gasteiger charge is -2.11. The lowest BCUT2D eigenvalue weighted by atomic mass is 10.0. The van der Waals surface area contributed by atoms with E-state index in [0.717, 1.165) is 18.8 Å². The predicted molar refractivity (Wildman–Crippen MR) is 80.2 cm³/mol. The molecule has 2 N–H and O–H groups in total. The second-order valence-electron chi connectivity index (χ2n) is 5.30. The molecule has 112 valence electrons. The highest BCUT2D eigenvalue weighted by Crippen LogP contribution is 2.28. The maximum atomic E-state index is 12.2. The Hall–Kier alpha value is -1.14.